The summed E-state index contributed by atoms with van der Waals surface area (Å²) >= 11 is 3.46. The molecule has 0 aromatic heterocycles. The van der Waals surface area contributed by atoms with Crippen molar-refractivity contribution in [2.45, 2.75) is 45.6 Å². The first-order valence-electron chi connectivity index (χ1n) is 8.46. The van der Waals surface area contributed by atoms with Crippen LogP contribution in [0, 0.1) is 6.92 Å². The van der Waals surface area contributed by atoms with Gasteiger partial charge in [-0.2, -0.15) is 0 Å². The van der Waals surface area contributed by atoms with Crippen molar-refractivity contribution >= 4 is 33.5 Å². The van der Waals surface area contributed by atoms with Crippen molar-refractivity contribution in [1.29, 1.82) is 0 Å². The SMILES string of the molecule is Cc1cc2c(cc1C=Nc1ccc(Br)cc1)C(C)CC(C)(C)N2C. The summed E-state index contributed by atoms with van der Waals surface area (Å²) in [7, 11) is 2.21. The first-order valence-corrected chi connectivity index (χ1v) is 9.25. The van der Waals surface area contributed by atoms with E-state index in [1.165, 1.54) is 28.8 Å². The van der Waals surface area contributed by atoms with Crippen molar-refractivity contribution < 1.29 is 0 Å². The van der Waals surface area contributed by atoms with Crippen molar-refractivity contribution in [1.82, 2.24) is 0 Å². The molecule has 0 amide bonds. The van der Waals surface area contributed by atoms with Gasteiger partial charge in [-0.1, -0.05) is 22.9 Å². The summed E-state index contributed by atoms with van der Waals surface area (Å²) in [6.07, 6.45) is 3.16. The largest absolute Gasteiger partial charge is 0.369 e. The van der Waals surface area contributed by atoms with Crippen molar-refractivity contribution in [2.24, 2.45) is 4.99 Å². The van der Waals surface area contributed by atoms with Gasteiger partial charge in [-0.25, -0.2) is 0 Å². The smallest absolute Gasteiger partial charge is 0.0630 e. The second-order valence-corrected chi connectivity index (χ2v) is 8.39. The maximum absolute atomic E-state index is 4.64. The fourth-order valence-corrected chi connectivity index (χ4v) is 3.81. The third-order valence-electron chi connectivity index (χ3n) is 5.20. The Morgan fingerprint density at radius 1 is 1.21 bits per heavy atom. The normalized spacial score (nSPS) is 19.6. The molecule has 0 saturated carbocycles. The van der Waals surface area contributed by atoms with Gasteiger partial charge in [0.1, 0.15) is 0 Å². The minimum atomic E-state index is 0.200. The molecule has 0 spiro atoms. The summed E-state index contributed by atoms with van der Waals surface area (Å²) in [5, 5.41) is 0. The van der Waals surface area contributed by atoms with E-state index in [4.69, 9.17) is 0 Å². The summed E-state index contributed by atoms with van der Waals surface area (Å²) in [6, 6.07) is 12.7. The van der Waals surface area contributed by atoms with E-state index in [1.807, 2.05) is 30.5 Å². The zero-order valence-electron chi connectivity index (χ0n) is 15.1. The van der Waals surface area contributed by atoms with Gasteiger partial charge in [0.15, 0.2) is 0 Å². The molecule has 3 rings (SSSR count). The lowest BCUT2D eigenvalue weighted by Crippen LogP contribution is -2.45. The van der Waals surface area contributed by atoms with E-state index in [9.17, 15) is 0 Å². The van der Waals surface area contributed by atoms with E-state index in [1.54, 1.807) is 0 Å². The van der Waals surface area contributed by atoms with Gasteiger partial charge >= 0.3 is 0 Å². The van der Waals surface area contributed by atoms with Crippen LogP contribution in [0.2, 0.25) is 0 Å². The van der Waals surface area contributed by atoms with Crippen LogP contribution in [0.25, 0.3) is 0 Å². The Bertz CT molecular complexity index is 775. The fraction of sp³-hybridized carbons (Fsp3) is 0.381. The minimum Gasteiger partial charge on any atom is -0.369 e. The zero-order chi connectivity index (χ0) is 17.5. The number of nitrogens with zero attached hydrogens (tertiary/aromatic N) is 2. The van der Waals surface area contributed by atoms with Gasteiger partial charge in [-0.05, 0) is 86.2 Å². The second kappa shape index (κ2) is 6.36. The number of halogens is 1. The lowest BCUT2D eigenvalue weighted by molar-refractivity contribution is 0.395. The van der Waals surface area contributed by atoms with Crippen LogP contribution in [0.3, 0.4) is 0 Å². The number of anilines is 1. The molecule has 0 bridgehead atoms. The molecule has 1 atom stereocenters. The highest BCUT2D eigenvalue weighted by Gasteiger charge is 2.34. The monoisotopic (exact) mass is 384 g/mol. The topological polar surface area (TPSA) is 15.6 Å². The number of fused-ring (bicyclic) bond motifs is 1. The average molecular weight is 385 g/mol. The number of hydrogen-bond donors (Lipinski definition) is 0. The second-order valence-electron chi connectivity index (χ2n) is 7.48. The minimum absolute atomic E-state index is 0.200. The standard InChI is InChI=1S/C21H25BrN2/c1-14-10-20-19(15(2)12-21(3,4)24(20)5)11-16(14)13-23-18-8-6-17(22)7-9-18/h6-11,13,15H,12H2,1-5H3. The van der Waals surface area contributed by atoms with E-state index < -0.39 is 0 Å². The Morgan fingerprint density at radius 3 is 2.54 bits per heavy atom. The molecule has 1 unspecified atom stereocenters. The third kappa shape index (κ3) is 3.27. The van der Waals surface area contributed by atoms with E-state index in [2.05, 4.69) is 72.7 Å². The summed E-state index contributed by atoms with van der Waals surface area (Å²) in [5.74, 6) is 0.562. The van der Waals surface area contributed by atoms with Crippen LogP contribution in [0.4, 0.5) is 11.4 Å². The first-order chi connectivity index (χ1) is 11.3. The van der Waals surface area contributed by atoms with E-state index in [0.29, 0.717) is 5.92 Å². The molecular formula is C21H25BrN2. The van der Waals surface area contributed by atoms with E-state index in [0.717, 1.165) is 10.2 Å². The highest BCUT2D eigenvalue weighted by Crippen LogP contribution is 2.43. The molecule has 126 valence electrons. The summed E-state index contributed by atoms with van der Waals surface area (Å²) in [4.78, 5) is 7.06. The highest BCUT2D eigenvalue weighted by molar-refractivity contribution is 9.10. The Labute approximate surface area is 153 Å². The molecule has 2 aromatic carbocycles. The fourth-order valence-electron chi connectivity index (χ4n) is 3.54. The van der Waals surface area contributed by atoms with Crippen LogP contribution in [0.15, 0.2) is 45.9 Å². The van der Waals surface area contributed by atoms with Crippen molar-refractivity contribution in [3.8, 4) is 0 Å². The van der Waals surface area contributed by atoms with Crippen LogP contribution in [-0.4, -0.2) is 18.8 Å². The first kappa shape index (κ1) is 17.2. The van der Waals surface area contributed by atoms with Crippen LogP contribution < -0.4 is 4.90 Å². The molecule has 0 saturated heterocycles. The van der Waals surface area contributed by atoms with Crippen molar-refractivity contribution in [3.63, 3.8) is 0 Å². The Morgan fingerprint density at radius 2 is 1.88 bits per heavy atom. The maximum Gasteiger partial charge on any atom is 0.0630 e. The Balaban J connectivity index is 1.97. The molecule has 0 radical (unpaired) electrons. The number of hydrogen-bond acceptors (Lipinski definition) is 2. The maximum atomic E-state index is 4.64. The average Bonchev–Trinajstić information content (AvgIpc) is 2.52. The quantitative estimate of drug-likeness (QED) is 0.560. The lowest BCUT2D eigenvalue weighted by atomic mass is 9.79. The van der Waals surface area contributed by atoms with Crippen LogP contribution >= 0.6 is 15.9 Å². The van der Waals surface area contributed by atoms with Gasteiger partial charge < -0.3 is 4.90 Å². The van der Waals surface area contributed by atoms with Crippen molar-refractivity contribution in [3.05, 3.63) is 57.6 Å². The van der Waals surface area contributed by atoms with Gasteiger partial charge in [0.05, 0.1) is 5.69 Å². The zero-order valence-corrected chi connectivity index (χ0v) is 16.7. The van der Waals surface area contributed by atoms with Gasteiger partial charge in [-0.3, -0.25) is 4.99 Å². The number of aryl methyl sites for hydroxylation is 1. The van der Waals surface area contributed by atoms with Crippen LogP contribution in [0.1, 0.15) is 49.8 Å². The Hall–Kier alpha value is -1.61. The van der Waals surface area contributed by atoms with Gasteiger partial charge in [0, 0.05) is 29.0 Å². The third-order valence-corrected chi connectivity index (χ3v) is 5.73. The molecular weight excluding hydrogens is 360 g/mol. The van der Waals surface area contributed by atoms with E-state index in [-0.39, 0.29) is 5.54 Å². The molecule has 0 fully saturated rings. The molecule has 3 heteroatoms. The predicted octanol–water partition coefficient (Wildman–Crippen LogP) is 6.23. The molecule has 24 heavy (non-hydrogen) atoms. The number of benzene rings is 2. The van der Waals surface area contributed by atoms with Crippen molar-refractivity contribution in [2.75, 3.05) is 11.9 Å². The molecule has 1 heterocycles. The van der Waals surface area contributed by atoms with E-state index >= 15 is 0 Å². The van der Waals surface area contributed by atoms with Crippen LogP contribution in [-0.2, 0) is 0 Å². The molecule has 2 aromatic rings. The summed E-state index contributed by atoms with van der Waals surface area (Å²) in [6.45, 7) is 9.15. The molecule has 2 nitrogen and oxygen atoms in total. The molecule has 1 aliphatic heterocycles. The predicted molar refractivity (Wildman–Crippen MR) is 108 cm³/mol. The molecule has 1 aliphatic rings. The van der Waals surface area contributed by atoms with Gasteiger partial charge in [0.2, 0.25) is 0 Å². The summed E-state index contributed by atoms with van der Waals surface area (Å²) in [5.41, 5.74) is 6.44. The number of rotatable bonds is 2. The molecule has 0 aliphatic carbocycles. The van der Waals surface area contributed by atoms with Crippen LogP contribution in [0.5, 0.6) is 0 Å². The number of aliphatic imine (C=N–C) groups is 1. The molecule has 0 N–H and O–H groups in total. The Kier molecular flexibility index (Phi) is 4.56. The van der Waals surface area contributed by atoms with Gasteiger partial charge in [0.25, 0.3) is 0 Å². The highest BCUT2D eigenvalue weighted by atomic mass is 79.9. The lowest BCUT2D eigenvalue weighted by Gasteiger charge is -2.45. The summed E-state index contributed by atoms with van der Waals surface area (Å²) < 4.78 is 1.07. The van der Waals surface area contributed by atoms with Gasteiger partial charge in [-0.15, -0.1) is 0 Å².